The minimum absolute atomic E-state index is 0.0152. The molecule has 2 atom stereocenters. The second-order valence-corrected chi connectivity index (χ2v) is 3.65. The summed E-state index contributed by atoms with van der Waals surface area (Å²) in [5.74, 6) is -0.552. The maximum atomic E-state index is 11.5. The first-order valence-electron chi connectivity index (χ1n) is 4.90. The number of methoxy groups -OCH3 is 1. The molecule has 0 aromatic carbocycles. The van der Waals surface area contributed by atoms with Crippen molar-refractivity contribution < 1.29 is 19.1 Å². The highest BCUT2D eigenvalue weighted by molar-refractivity contribution is 5.98. The van der Waals surface area contributed by atoms with Gasteiger partial charge in [0.25, 0.3) is 11.8 Å². The van der Waals surface area contributed by atoms with Crippen molar-refractivity contribution in [2.24, 2.45) is 0 Å². The van der Waals surface area contributed by atoms with E-state index in [4.69, 9.17) is 9.47 Å². The molecule has 84 valence electrons. The number of rotatable bonds is 2. The average Bonchev–Trinajstić information content (AvgIpc) is 2.65. The van der Waals surface area contributed by atoms with Crippen molar-refractivity contribution in [2.75, 3.05) is 33.4 Å². The molecule has 0 bridgehead atoms. The highest BCUT2D eigenvalue weighted by atomic mass is 16.5. The van der Waals surface area contributed by atoms with Crippen molar-refractivity contribution in [3.63, 3.8) is 0 Å². The lowest BCUT2D eigenvalue weighted by molar-refractivity contribution is -0.163. The number of hydrogen-bond donors (Lipinski definition) is 1. The molecule has 0 aliphatic carbocycles. The van der Waals surface area contributed by atoms with Gasteiger partial charge in [0.15, 0.2) is 0 Å². The van der Waals surface area contributed by atoms with Gasteiger partial charge in [-0.1, -0.05) is 0 Å². The molecule has 6 heteroatoms. The third kappa shape index (κ3) is 1.88. The molecule has 2 unspecified atom stereocenters. The zero-order valence-corrected chi connectivity index (χ0v) is 8.56. The summed E-state index contributed by atoms with van der Waals surface area (Å²) in [4.78, 5) is 24.4. The molecule has 2 amide bonds. The number of nitrogens with one attached hydrogen (secondary N) is 1. The molecular weight excluding hydrogens is 200 g/mol. The third-order valence-electron chi connectivity index (χ3n) is 2.75. The van der Waals surface area contributed by atoms with Gasteiger partial charge in [-0.05, 0) is 0 Å². The number of hydrogen-bond acceptors (Lipinski definition) is 5. The van der Waals surface area contributed by atoms with E-state index in [1.54, 1.807) is 7.11 Å². The average molecular weight is 214 g/mol. The van der Waals surface area contributed by atoms with Crippen LogP contribution in [0.2, 0.25) is 0 Å². The molecule has 2 aliphatic rings. The van der Waals surface area contributed by atoms with Crippen molar-refractivity contribution in [1.29, 1.82) is 0 Å². The Morgan fingerprint density at radius 2 is 2.00 bits per heavy atom. The summed E-state index contributed by atoms with van der Waals surface area (Å²) in [5.41, 5.74) is 0. The van der Waals surface area contributed by atoms with E-state index in [0.717, 1.165) is 0 Å². The summed E-state index contributed by atoms with van der Waals surface area (Å²) in [6.45, 7) is 1.23. The van der Waals surface area contributed by atoms with Crippen LogP contribution in [0.25, 0.3) is 0 Å². The van der Waals surface area contributed by atoms with E-state index in [0.29, 0.717) is 13.1 Å². The number of ether oxygens (including phenoxy) is 2. The van der Waals surface area contributed by atoms with Crippen LogP contribution in [0.15, 0.2) is 0 Å². The summed E-state index contributed by atoms with van der Waals surface area (Å²) in [7, 11) is 1.58. The molecule has 2 saturated heterocycles. The maximum absolute atomic E-state index is 11.5. The number of carbonyl (C=O) groups excluding carboxylic acids is 2. The molecule has 2 rings (SSSR count). The van der Waals surface area contributed by atoms with Crippen LogP contribution in [-0.2, 0) is 19.1 Å². The standard InChI is InChI=1S/C9H14N2O4/c1-14-7-3-10-2-6(7)11-8(12)4-15-5-9(11)13/h6-7,10H,2-5H2,1H3. The molecule has 2 fully saturated rings. The fraction of sp³-hybridized carbons (Fsp3) is 0.778. The van der Waals surface area contributed by atoms with E-state index >= 15 is 0 Å². The lowest BCUT2D eigenvalue weighted by Crippen LogP contribution is -2.55. The number of imide groups is 1. The first-order chi connectivity index (χ1) is 7.24. The molecule has 1 N–H and O–H groups in total. The Morgan fingerprint density at radius 3 is 2.60 bits per heavy atom. The van der Waals surface area contributed by atoms with Gasteiger partial charge in [-0.25, -0.2) is 0 Å². The van der Waals surface area contributed by atoms with Crippen molar-refractivity contribution in [3.05, 3.63) is 0 Å². The lowest BCUT2D eigenvalue weighted by Gasteiger charge is -2.32. The fourth-order valence-corrected chi connectivity index (χ4v) is 2.01. The van der Waals surface area contributed by atoms with E-state index in [2.05, 4.69) is 5.32 Å². The van der Waals surface area contributed by atoms with Crippen molar-refractivity contribution >= 4 is 11.8 Å². The van der Waals surface area contributed by atoms with Crippen LogP contribution in [0.5, 0.6) is 0 Å². The summed E-state index contributed by atoms with van der Waals surface area (Å²) < 4.78 is 10.1. The van der Waals surface area contributed by atoms with Gasteiger partial charge >= 0.3 is 0 Å². The molecule has 2 aliphatic heterocycles. The molecule has 0 spiro atoms. The molecular formula is C9H14N2O4. The van der Waals surface area contributed by atoms with Crippen LogP contribution in [-0.4, -0.2) is 62.3 Å². The van der Waals surface area contributed by atoms with Crippen LogP contribution in [0.4, 0.5) is 0 Å². The quantitative estimate of drug-likeness (QED) is 0.558. The Hall–Kier alpha value is -0.980. The molecule has 0 radical (unpaired) electrons. The molecule has 0 saturated carbocycles. The minimum atomic E-state index is -0.276. The zero-order valence-electron chi connectivity index (χ0n) is 8.56. The molecule has 2 heterocycles. The van der Waals surface area contributed by atoms with Gasteiger partial charge in [0.05, 0.1) is 12.1 Å². The molecule has 0 aromatic heterocycles. The van der Waals surface area contributed by atoms with Gasteiger partial charge < -0.3 is 14.8 Å². The molecule has 0 aromatic rings. The SMILES string of the molecule is COC1CNCC1N1C(=O)COCC1=O. The van der Waals surface area contributed by atoms with Crippen molar-refractivity contribution in [2.45, 2.75) is 12.1 Å². The van der Waals surface area contributed by atoms with Crippen LogP contribution >= 0.6 is 0 Å². The van der Waals surface area contributed by atoms with Gasteiger partial charge in [-0.15, -0.1) is 0 Å². The highest BCUT2D eigenvalue weighted by Crippen LogP contribution is 2.15. The normalized spacial score (nSPS) is 32.5. The summed E-state index contributed by atoms with van der Waals surface area (Å²) in [6.07, 6.45) is -0.115. The topological polar surface area (TPSA) is 67.9 Å². The second kappa shape index (κ2) is 4.26. The largest absolute Gasteiger partial charge is 0.378 e. The van der Waals surface area contributed by atoms with Crippen LogP contribution in [0.3, 0.4) is 0 Å². The zero-order chi connectivity index (χ0) is 10.8. The number of amides is 2. The summed E-state index contributed by atoms with van der Waals surface area (Å²) in [6, 6.07) is -0.195. The number of carbonyl (C=O) groups is 2. The minimum Gasteiger partial charge on any atom is -0.378 e. The second-order valence-electron chi connectivity index (χ2n) is 3.65. The van der Waals surface area contributed by atoms with Gasteiger partial charge in [0, 0.05) is 20.2 Å². The van der Waals surface area contributed by atoms with Gasteiger partial charge in [-0.3, -0.25) is 14.5 Å². The lowest BCUT2D eigenvalue weighted by atomic mass is 10.1. The predicted molar refractivity (Wildman–Crippen MR) is 50.1 cm³/mol. The Morgan fingerprint density at radius 1 is 1.33 bits per heavy atom. The van der Waals surface area contributed by atoms with Gasteiger partial charge in [-0.2, -0.15) is 0 Å². The molecule has 6 nitrogen and oxygen atoms in total. The monoisotopic (exact) mass is 214 g/mol. The van der Waals surface area contributed by atoms with E-state index in [-0.39, 0.29) is 37.2 Å². The fourth-order valence-electron chi connectivity index (χ4n) is 2.01. The molecule has 15 heavy (non-hydrogen) atoms. The highest BCUT2D eigenvalue weighted by Gasteiger charge is 2.40. The number of nitrogens with zero attached hydrogens (tertiary/aromatic N) is 1. The van der Waals surface area contributed by atoms with E-state index < -0.39 is 0 Å². The van der Waals surface area contributed by atoms with Crippen molar-refractivity contribution in [1.82, 2.24) is 10.2 Å². The number of morpholine rings is 1. The van der Waals surface area contributed by atoms with E-state index in [9.17, 15) is 9.59 Å². The first kappa shape index (κ1) is 10.5. The Labute approximate surface area is 87.5 Å². The maximum Gasteiger partial charge on any atom is 0.255 e. The summed E-state index contributed by atoms with van der Waals surface area (Å²) >= 11 is 0. The van der Waals surface area contributed by atoms with E-state index in [1.807, 2.05) is 0 Å². The Kier molecular flexibility index (Phi) is 2.99. The summed E-state index contributed by atoms with van der Waals surface area (Å²) in [5, 5.41) is 3.10. The van der Waals surface area contributed by atoms with Crippen LogP contribution in [0, 0.1) is 0 Å². The third-order valence-corrected chi connectivity index (χ3v) is 2.75. The van der Waals surface area contributed by atoms with E-state index in [1.165, 1.54) is 4.90 Å². The van der Waals surface area contributed by atoms with Gasteiger partial charge in [0.1, 0.15) is 13.2 Å². The Bertz CT molecular complexity index is 265. The predicted octanol–water partition coefficient (Wildman–Crippen LogP) is -1.64. The van der Waals surface area contributed by atoms with Crippen molar-refractivity contribution in [3.8, 4) is 0 Å². The Balaban J connectivity index is 2.13. The first-order valence-corrected chi connectivity index (χ1v) is 4.90. The van der Waals surface area contributed by atoms with Gasteiger partial charge in [0.2, 0.25) is 0 Å². The smallest absolute Gasteiger partial charge is 0.255 e. The van der Waals surface area contributed by atoms with Crippen LogP contribution < -0.4 is 5.32 Å². The van der Waals surface area contributed by atoms with Crippen LogP contribution in [0.1, 0.15) is 0 Å².